The van der Waals surface area contributed by atoms with Gasteiger partial charge in [-0.15, -0.1) is 0 Å². The smallest absolute Gasteiger partial charge is 0.304 e. The number of methoxy groups -OCH3 is 1. The Labute approximate surface area is 113 Å². The summed E-state index contributed by atoms with van der Waals surface area (Å²) in [5.74, 6) is -0.183. The lowest BCUT2D eigenvalue weighted by Gasteiger charge is -2.26. The highest BCUT2D eigenvalue weighted by atomic mass is 35.5. The van der Waals surface area contributed by atoms with Gasteiger partial charge in [-0.3, -0.25) is 4.79 Å². The van der Waals surface area contributed by atoms with Crippen molar-refractivity contribution < 1.29 is 14.6 Å². The van der Waals surface area contributed by atoms with Crippen LogP contribution >= 0.6 is 11.6 Å². The van der Waals surface area contributed by atoms with Gasteiger partial charge in [-0.2, -0.15) is 0 Å². The minimum Gasteiger partial charge on any atom is -0.495 e. The van der Waals surface area contributed by atoms with Gasteiger partial charge in [0.2, 0.25) is 0 Å². The molecule has 0 atom stereocenters. The van der Waals surface area contributed by atoms with E-state index in [0.29, 0.717) is 10.8 Å². The van der Waals surface area contributed by atoms with Gasteiger partial charge >= 0.3 is 5.97 Å². The van der Waals surface area contributed by atoms with Crippen molar-refractivity contribution in [1.29, 1.82) is 0 Å². The molecule has 1 aromatic carbocycles. The first-order valence-corrected chi connectivity index (χ1v) is 6.28. The third-order valence-electron chi connectivity index (χ3n) is 3.08. The molecule has 0 heterocycles. The lowest BCUT2D eigenvalue weighted by Crippen LogP contribution is -2.23. The van der Waals surface area contributed by atoms with Crippen molar-refractivity contribution in [2.24, 2.45) is 0 Å². The Morgan fingerprint density at radius 3 is 2.50 bits per heavy atom. The summed E-state index contributed by atoms with van der Waals surface area (Å²) >= 11 is 6.13. The molecule has 4 heteroatoms. The predicted molar refractivity (Wildman–Crippen MR) is 72.7 cm³/mol. The van der Waals surface area contributed by atoms with E-state index in [4.69, 9.17) is 21.4 Å². The number of hydrogen-bond acceptors (Lipinski definition) is 2. The maximum atomic E-state index is 10.9. The number of carbonyl (C=O) groups is 1. The van der Waals surface area contributed by atoms with Crippen LogP contribution in [0.5, 0.6) is 5.75 Å². The molecule has 0 unspecified atom stereocenters. The topological polar surface area (TPSA) is 46.5 Å². The fraction of sp³-hybridized carbons (Fsp3) is 0.500. The van der Waals surface area contributed by atoms with Crippen LogP contribution in [0.2, 0.25) is 5.02 Å². The molecule has 0 saturated heterocycles. The Bertz CT molecular complexity index is 453. The minimum atomic E-state index is -0.811. The number of rotatable bonds is 5. The molecular weight excluding hydrogens is 252 g/mol. The second-order valence-electron chi connectivity index (χ2n) is 4.95. The first kappa shape index (κ1) is 14.8. The number of aliphatic carboxylic acids is 1. The van der Waals surface area contributed by atoms with Gasteiger partial charge in [0.15, 0.2) is 0 Å². The number of hydrogen-bond donors (Lipinski definition) is 1. The molecule has 0 aliphatic rings. The Kier molecular flexibility index (Phi) is 4.63. The molecular formula is C14H19ClO3. The average molecular weight is 271 g/mol. The van der Waals surface area contributed by atoms with Gasteiger partial charge in [0.1, 0.15) is 5.75 Å². The van der Waals surface area contributed by atoms with Crippen LogP contribution < -0.4 is 4.74 Å². The van der Waals surface area contributed by atoms with Crippen molar-refractivity contribution in [2.45, 2.75) is 39.0 Å². The van der Waals surface area contributed by atoms with Gasteiger partial charge in [0.05, 0.1) is 18.6 Å². The fourth-order valence-corrected chi connectivity index (χ4v) is 2.39. The summed E-state index contributed by atoms with van der Waals surface area (Å²) in [5.41, 5.74) is 1.59. The van der Waals surface area contributed by atoms with Crippen molar-refractivity contribution in [3.05, 3.63) is 28.3 Å². The summed E-state index contributed by atoms with van der Waals surface area (Å²) in [7, 11) is 1.57. The molecule has 0 saturated carbocycles. The summed E-state index contributed by atoms with van der Waals surface area (Å²) in [4.78, 5) is 10.9. The van der Waals surface area contributed by atoms with Crippen LogP contribution in [0.15, 0.2) is 12.1 Å². The van der Waals surface area contributed by atoms with E-state index < -0.39 is 11.4 Å². The summed E-state index contributed by atoms with van der Waals surface area (Å²) in [6, 6.07) is 3.71. The van der Waals surface area contributed by atoms with Crippen molar-refractivity contribution in [3.63, 3.8) is 0 Å². The molecule has 0 fully saturated rings. The van der Waals surface area contributed by atoms with Crippen LogP contribution in [-0.4, -0.2) is 18.2 Å². The third-order valence-corrected chi connectivity index (χ3v) is 3.38. The van der Waals surface area contributed by atoms with E-state index in [9.17, 15) is 4.79 Å². The van der Waals surface area contributed by atoms with E-state index in [-0.39, 0.29) is 6.42 Å². The average Bonchev–Trinajstić information content (AvgIpc) is 2.27. The quantitative estimate of drug-likeness (QED) is 0.888. The maximum absolute atomic E-state index is 10.9. The van der Waals surface area contributed by atoms with E-state index >= 15 is 0 Å². The van der Waals surface area contributed by atoms with Crippen molar-refractivity contribution in [3.8, 4) is 5.75 Å². The molecule has 1 N–H and O–H groups in total. The monoisotopic (exact) mass is 270 g/mol. The SMILES string of the molecule is CCc1cc(OC)c(Cl)cc1C(C)(C)CC(=O)O. The molecule has 0 radical (unpaired) electrons. The van der Waals surface area contributed by atoms with E-state index in [1.807, 2.05) is 32.9 Å². The van der Waals surface area contributed by atoms with E-state index in [1.165, 1.54) is 0 Å². The van der Waals surface area contributed by atoms with Crippen molar-refractivity contribution in [1.82, 2.24) is 0 Å². The first-order valence-electron chi connectivity index (χ1n) is 5.90. The maximum Gasteiger partial charge on any atom is 0.304 e. The van der Waals surface area contributed by atoms with Gasteiger partial charge in [0, 0.05) is 5.41 Å². The summed E-state index contributed by atoms with van der Waals surface area (Å²) < 4.78 is 5.19. The fourth-order valence-electron chi connectivity index (χ4n) is 2.15. The van der Waals surface area contributed by atoms with Crippen LogP contribution in [0, 0.1) is 0 Å². The van der Waals surface area contributed by atoms with Crippen LogP contribution in [0.3, 0.4) is 0 Å². The molecule has 0 aliphatic carbocycles. The minimum absolute atomic E-state index is 0.0721. The van der Waals surface area contributed by atoms with Gasteiger partial charge in [-0.25, -0.2) is 0 Å². The van der Waals surface area contributed by atoms with E-state index in [0.717, 1.165) is 17.5 Å². The van der Waals surface area contributed by atoms with Crippen LogP contribution in [0.25, 0.3) is 0 Å². The number of benzene rings is 1. The molecule has 0 amide bonds. The molecule has 1 aromatic rings. The van der Waals surface area contributed by atoms with Gasteiger partial charge < -0.3 is 9.84 Å². The number of halogens is 1. The molecule has 3 nitrogen and oxygen atoms in total. The lowest BCUT2D eigenvalue weighted by atomic mass is 9.78. The number of aryl methyl sites for hydroxylation is 1. The number of ether oxygens (including phenoxy) is 1. The second-order valence-corrected chi connectivity index (χ2v) is 5.36. The second kappa shape index (κ2) is 5.61. The molecule has 0 aromatic heterocycles. The summed E-state index contributed by atoms with van der Waals surface area (Å²) in [5, 5.41) is 9.50. The molecule has 0 bridgehead atoms. The largest absolute Gasteiger partial charge is 0.495 e. The molecule has 18 heavy (non-hydrogen) atoms. The van der Waals surface area contributed by atoms with Crippen LogP contribution in [0.4, 0.5) is 0 Å². The normalized spacial score (nSPS) is 11.4. The number of carboxylic acids is 1. The molecule has 0 spiro atoms. The zero-order valence-corrected chi connectivity index (χ0v) is 12.0. The van der Waals surface area contributed by atoms with Gasteiger partial charge in [-0.1, -0.05) is 32.4 Å². The Balaban J connectivity index is 3.30. The molecule has 100 valence electrons. The number of carboxylic acid groups (broad SMARTS) is 1. The van der Waals surface area contributed by atoms with Gasteiger partial charge in [-0.05, 0) is 29.7 Å². The lowest BCUT2D eigenvalue weighted by molar-refractivity contribution is -0.138. The highest BCUT2D eigenvalue weighted by molar-refractivity contribution is 6.32. The zero-order chi connectivity index (χ0) is 13.9. The molecule has 0 aliphatic heterocycles. The Morgan fingerprint density at radius 2 is 2.06 bits per heavy atom. The standard InChI is InChI=1S/C14H19ClO3/c1-5-9-6-12(18-4)11(15)7-10(9)14(2,3)8-13(16)17/h6-7H,5,8H2,1-4H3,(H,16,17). The van der Waals surface area contributed by atoms with E-state index in [2.05, 4.69) is 0 Å². The Morgan fingerprint density at radius 1 is 1.44 bits per heavy atom. The summed E-state index contributed by atoms with van der Waals surface area (Å²) in [6.45, 7) is 5.86. The van der Waals surface area contributed by atoms with Crippen LogP contribution in [0.1, 0.15) is 38.3 Å². The highest BCUT2D eigenvalue weighted by Crippen LogP contribution is 2.36. The molecule has 1 rings (SSSR count). The zero-order valence-electron chi connectivity index (χ0n) is 11.2. The summed E-state index contributed by atoms with van der Waals surface area (Å²) in [6.07, 6.45) is 0.884. The van der Waals surface area contributed by atoms with Gasteiger partial charge in [0.25, 0.3) is 0 Å². The van der Waals surface area contributed by atoms with Crippen molar-refractivity contribution >= 4 is 17.6 Å². The first-order chi connectivity index (χ1) is 8.31. The highest BCUT2D eigenvalue weighted by Gasteiger charge is 2.27. The van der Waals surface area contributed by atoms with Crippen molar-refractivity contribution in [2.75, 3.05) is 7.11 Å². The van der Waals surface area contributed by atoms with Crippen LogP contribution in [-0.2, 0) is 16.6 Å². The van der Waals surface area contributed by atoms with E-state index in [1.54, 1.807) is 7.11 Å². The third kappa shape index (κ3) is 3.16. The Hall–Kier alpha value is -1.22. The predicted octanol–water partition coefficient (Wildman–Crippen LogP) is 3.66.